The van der Waals surface area contributed by atoms with E-state index >= 15 is 0 Å². The van der Waals surface area contributed by atoms with Gasteiger partial charge in [0.1, 0.15) is 18.2 Å². The Morgan fingerprint density at radius 1 is 0.971 bits per heavy atom. The van der Waals surface area contributed by atoms with Crippen molar-refractivity contribution in [3.8, 4) is 17.2 Å². The number of ether oxygens (including phenoxy) is 4. The molecule has 3 aromatic rings. The molecule has 1 aliphatic heterocycles. The number of benzene rings is 3. The summed E-state index contributed by atoms with van der Waals surface area (Å²) in [5.41, 5.74) is 2.31. The molecule has 0 N–H and O–H groups in total. The molecule has 0 saturated heterocycles. The molecule has 0 saturated carbocycles. The van der Waals surface area contributed by atoms with E-state index < -0.39 is 16.4 Å². The topological polar surface area (TPSA) is 66.4 Å². The lowest BCUT2D eigenvalue weighted by molar-refractivity contribution is 0.120. The van der Waals surface area contributed by atoms with Crippen molar-refractivity contribution in [3.63, 3.8) is 0 Å². The average molecular weight is 494 g/mol. The number of aliphatic imine (C=N–C) groups is 1. The van der Waals surface area contributed by atoms with E-state index in [1.54, 1.807) is 14.2 Å². The zero-order chi connectivity index (χ0) is 25.2. The summed E-state index contributed by atoms with van der Waals surface area (Å²) < 4.78 is 36.7. The molecule has 6 nitrogen and oxygen atoms in total. The van der Waals surface area contributed by atoms with Gasteiger partial charge in [-0.1, -0.05) is 29.8 Å². The molecule has 4 rings (SSSR count). The quantitative estimate of drug-likeness (QED) is 0.412. The lowest BCUT2D eigenvalue weighted by atomic mass is 10.1. The Morgan fingerprint density at radius 3 is 2.20 bits per heavy atom. The summed E-state index contributed by atoms with van der Waals surface area (Å²) >= 11 is 0. The summed E-state index contributed by atoms with van der Waals surface area (Å²) in [7, 11) is 1.84. The van der Waals surface area contributed by atoms with Gasteiger partial charge in [0, 0.05) is 4.90 Å². The molecule has 7 heteroatoms. The van der Waals surface area contributed by atoms with Gasteiger partial charge in [-0.05, 0) is 69.7 Å². The van der Waals surface area contributed by atoms with E-state index in [9.17, 15) is 4.21 Å². The van der Waals surface area contributed by atoms with Crippen LogP contribution in [-0.4, -0.2) is 36.5 Å². The van der Waals surface area contributed by atoms with Crippen LogP contribution in [0.25, 0.3) is 0 Å². The van der Waals surface area contributed by atoms with Crippen LogP contribution in [0.2, 0.25) is 0 Å². The molecule has 3 aromatic carbocycles. The van der Waals surface area contributed by atoms with Gasteiger partial charge in [0.2, 0.25) is 11.6 Å². The number of hydrogen-bond acceptors (Lipinski definition) is 6. The molecule has 0 fully saturated rings. The van der Waals surface area contributed by atoms with E-state index in [1.807, 2.05) is 88.4 Å². The van der Waals surface area contributed by atoms with Gasteiger partial charge in [-0.25, -0.2) is 9.20 Å². The third-order valence-corrected chi connectivity index (χ3v) is 6.94. The van der Waals surface area contributed by atoms with Gasteiger partial charge in [0.05, 0.1) is 35.5 Å². The first-order chi connectivity index (χ1) is 16.7. The van der Waals surface area contributed by atoms with E-state index in [-0.39, 0.29) is 6.04 Å². The molecule has 35 heavy (non-hydrogen) atoms. The number of aryl methyl sites for hydroxylation is 1. The smallest absolute Gasteiger partial charge is 0.218 e. The molecular formula is C28H31NO5S. The highest BCUT2D eigenvalue weighted by molar-refractivity contribution is 7.85. The predicted octanol–water partition coefficient (Wildman–Crippen LogP) is 5.87. The van der Waals surface area contributed by atoms with Crippen molar-refractivity contribution in [1.82, 2.24) is 0 Å². The summed E-state index contributed by atoms with van der Waals surface area (Å²) in [5, 5.41) is 0. The summed E-state index contributed by atoms with van der Waals surface area (Å²) in [6, 6.07) is 18.8. The van der Waals surface area contributed by atoms with E-state index in [1.165, 1.54) is 0 Å². The highest BCUT2D eigenvalue weighted by atomic mass is 32.2. The lowest BCUT2D eigenvalue weighted by Gasteiger charge is -2.25. The Hall–Kier alpha value is -3.32. The molecule has 1 aliphatic rings. The van der Waals surface area contributed by atoms with Crippen LogP contribution in [0.3, 0.4) is 0 Å². The van der Waals surface area contributed by atoms with Crippen LogP contribution in [0.4, 0.5) is 0 Å². The van der Waals surface area contributed by atoms with Crippen molar-refractivity contribution in [2.24, 2.45) is 4.99 Å². The highest BCUT2D eigenvalue weighted by Crippen LogP contribution is 2.43. The van der Waals surface area contributed by atoms with Crippen LogP contribution < -0.4 is 14.2 Å². The zero-order valence-electron chi connectivity index (χ0n) is 21.0. The van der Waals surface area contributed by atoms with Crippen molar-refractivity contribution >= 4 is 16.7 Å². The third kappa shape index (κ3) is 5.51. The summed E-state index contributed by atoms with van der Waals surface area (Å²) in [6.07, 6.45) is 0. The normalized spacial score (nSPS) is 16.3. The predicted molar refractivity (Wildman–Crippen MR) is 137 cm³/mol. The molecule has 0 bridgehead atoms. The minimum absolute atomic E-state index is 0.266. The summed E-state index contributed by atoms with van der Waals surface area (Å²) in [6.45, 7) is 8.28. The van der Waals surface area contributed by atoms with Gasteiger partial charge in [-0.3, -0.25) is 0 Å². The maximum absolute atomic E-state index is 13.4. The van der Waals surface area contributed by atoms with Gasteiger partial charge in [-0.2, -0.15) is 0 Å². The second kappa shape index (κ2) is 10.1. The van der Waals surface area contributed by atoms with Crippen LogP contribution >= 0.6 is 0 Å². The third-order valence-electron chi connectivity index (χ3n) is 5.48. The van der Waals surface area contributed by atoms with Crippen LogP contribution in [0.15, 0.2) is 75.4 Å². The number of nitrogens with zero attached hydrogens (tertiary/aromatic N) is 1. The van der Waals surface area contributed by atoms with Crippen molar-refractivity contribution < 1.29 is 23.2 Å². The first-order valence-electron chi connectivity index (χ1n) is 11.4. The fraction of sp³-hybridized carbons (Fsp3) is 0.321. The van der Waals surface area contributed by atoms with E-state index in [2.05, 4.69) is 0 Å². The van der Waals surface area contributed by atoms with Gasteiger partial charge in [0.25, 0.3) is 0 Å². The molecule has 0 aliphatic carbocycles. The lowest BCUT2D eigenvalue weighted by Crippen LogP contribution is -2.23. The Balaban J connectivity index is 1.68. The Labute approximate surface area is 209 Å². The standard InChI is InChI=1S/C28H31NO5S/c1-18-11-13-20(14-12-18)35(30)25-10-8-7-9-21(25)27-29-22(17-33-27)19-15-23(31-5)26(24(16-19)32-6)34-28(2,3)4/h7-16,22H,17H2,1-6H3/t22-,35+/m1/s1. The number of hydrogen-bond donors (Lipinski definition) is 0. The van der Waals surface area contributed by atoms with Crippen LogP contribution in [0.5, 0.6) is 17.2 Å². The Morgan fingerprint density at radius 2 is 1.60 bits per heavy atom. The minimum atomic E-state index is -1.36. The monoisotopic (exact) mass is 493 g/mol. The largest absolute Gasteiger partial charge is 0.493 e. The van der Waals surface area contributed by atoms with Crippen molar-refractivity contribution in [2.45, 2.75) is 49.1 Å². The van der Waals surface area contributed by atoms with Crippen molar-refractivity contribution in [3.05, 3.63) is 77.4 Å². The first kappa shape index (κ1) is 24.8. The summed E-state index contributed by atoms with van der Waals surface area (Å²) in [5.74, 6) is 2.16. The Bertz CT molecular complexity index is 1240. The second-order valence-corrected chi connectivity index (χ2v) is 10.8. The van der Waals surface area contributed by atoms with Crippen LogP contribution in [0, 0.1) is 6.92 Å². The maximum atomic E-state index is 13.4. The SMILES string of the molecule is COc1cc([C@H]2COC(c3ccccc3[S@@](=O)c3ccc(C)cc3)=N2)cc(OC)c1OC(C)(C)C. The molecule has 0 radical (unpaired) electrons. The molecule has 0 spiro atoms. The Kier molecular flexibility index (Phi) is 7.17. The fourth-order valence-corrected chi connectivity index (χ4v) is 4.98. The zero-order valence-corrected chi connectivity index (χ0v) is 21.8. The fourth-order valence-electron chi connectivity index (χ4n) is 3.79. The molecule has 0 amide bonds. The molecule has 0 unspecified atom stereocenters. The van der Waals surface area contributed by atoms with Gasteiger partial charge >= 0.3 is 0 Å². The van der Waals surface area contributed by atoms with Gasteiger partial charge in [-0.15, -0.1) is 0 Å². The maximum Gasteiger partial charge on any atom is 0.218 e. The molecule has 184 valence electrons. The van der Waals surface area contributed by atoms with Crippen LogP contribution in [-0.2, 0) is 15.5 Å². The van der Waals surface area contributed by atoms with E-state index in [0.717, 1.165) is 21.6 Å². The van der Waals surface area contributed by atoms with Crippen molar-refractivity contribution in [1.29, 1.82) is 0 Å². The highest BCUT2D eigenvalue weighted by Gasteiger charge is 2.28. The molecule has 2 atom stereocenters. The van der Waals surface area contributed by atoms with E-state index in [4.69, 9.17) is 23.9 Å². The van der Waals surface area contributed by atoms with Gasteiger partial charge < -0.3 is 18.9 Å². The minimum Gasteiger partial charge on any atom is -0.493 e. The number of methoxy groups -OCH3 is 2. The number of rotatable bonds is 7. The first-order valence-corrected chi connectivity index (χ1v) is 12.6. The summed E-state index contributed by atoms with van der Waals surface area (Å²) in [4.78, 5) is 6.25. The van der Waals surface area contributed by atoms with Crippen molar-refractivity contribution in [2.75, 3.05) is 20.8 Å². The molecule has 1 heterocycles. The van der Waals surface area contributed by atoms with Gasteiger partial charge in [0.15, 0.2) is 11.5 Å². The van der Waals surface area contributed by atoms with Crippen LogP contribution in [0.1, 0.15) is 43.5 Å². The second-order valence-electron chi connectivity index (χ2n) is 9.31. The molecule has 0 aromatic heterocycles. The molecular weight excluding hydrogens is 462 g/mol. The van der Waals surface area contributed by atoms with E-state index in [0.29, 0.717) is 34.6 Å². The average Bonchev–Trinajstić information content (AvgIpc) is 3.33.